The van der Waals surface area contributed by atoms with Crippen LogP contribution in [0.2, 0.25) is 0 Å². The standard InChI is InChI=1S/C20H30N2O/c23-18-17-21-13-4-9-20(12-16-21)10-5-14-22(15-6-11-20)19-7-2-1-3-8-19/h1-3,7-8,18H,4-6,9-17H2. The van der Waals surface area contributed by atoms with Crippen molar-refractivity contribution >= 4 is 12.0 Å². The highest BCUT2D eigenvalue weighted by Crippen LogP contribution is 2.41. The predicted molar refractivity (Wildman–Crippen MR) is 95.9 cm³/mol. The highest BCUT2D eigenvalue weighted by atomic mass is 16.1. The SMILES string of the molecule is O=CCN1CCCC2(CCCN(c3ccccc3)CCC2)CC1. The van der Waals surface area contributed by atoms with E-state index in [-0.39, 0.29) is 0 Å². The lowest BCUT2D eigenvalue weighted by molar-refractivity contribution is -0.108. The van der Waals surface area contributed by atoms with Crippen molar-refractivity contribution in [1.82, 2.24) is 4.90 Å². The molecular weight excluding hydrogens is 284 g/mol. The fraction of sp³-hybridized carbons (Fsp3) is 0.650. The first kappa shape index (κ1) is 16.5. The molecule has 126 valence electrons. The molecule has 1 aromatic carbocycles. The lowest BCUT2D eigenvalue weighted by Crippen LogP contribution is -2.33. The zero-order chi connectivity index (χ0) is 16.0. The summed E-state index contributed by atoms with van der Waals surface area (Å²) >= 11 is 0. The van der Waals surface area contributed by atoms with Crippen LogP contribution in [-0.4, -0.2) is 43.9 Å². The number of hydrogen-bond donors (Lipinski definition) is 0. The van der Waals surface area contributed by atoms with Gasteiger partial charge in [-0.1, -0.05) is 18.2 Å². The van der Waals surface area contributed by atoms with Gasteiger partial charge in [0.2, 0.25) is 0 Å². The molecule has 1 aromatic rings. The van der Waals surface area contributed by atoms with Gasteiger partial charge in [-0.3, -0.25) is 4.90 Å². The van der Waals surface area contributed by atoms with E-state index < -0.39 is 0 Å². The van der Waals surface area contributed by atoms with Crippen LogP contribution in [0, 0.1) is 5.41 Å². The smallest absolute Gasteiger partial charge is 0.133 e. The van der Waals surface area contributed by atoms with Gasteiger partial charge in [-0.25, -0.2) is 0 Å². The Balaban J connectivity index is 1.58. The molecule has 0 N–H and O–H groups in total. The van der Waals surface area contributed by atoms with E-state index >= 15 is 0 Å². The molecule has 2 aliphatic heterocycles. The van der Waals surface area contributed by atoms with Gasteiger partial charge >= 0.3 is 0 Å². The van der Waals surface area contributed by atoms with E-state index in [1.807, 2.05) is 0 Å². The van der Waals surface area contributed by atoms with Crippen LogP contribution in [0.25, 0.3) is 0 Å². The summed E-state index contributed by atoms with van der Waals surface area (Å²) in [6.07, 6.45) is 10.3. The van der Waals surface area contributed by atoms with Gasteiger partial charge < -0.3 is 9.69 Å². The van der Waals surface area contributed by atoms with Gasteiger partial charge in [0, 0.05) is 18.8 Å². The average Bonchev–Trinajstić information content (AvgIpc) is 2.76. The Morgan fingerprint density at radius 2 is 1.52 bits per heavy atom. The third-order valence-electron chi connectivity index (χ3n) is 5.86. The fourth-order valence-electron chi connectivity index (χ4n) is 4.52. The lowest BCUT2D eigenvalue weighted by atomic mass is 9.72. The number of carbonyl (C=O) groups is 1. The number of rotatable bonds is 3. The van der Waals surface area contributed by atoms with Crippen LogP contribution in [0.5, 0.6) is 0 Å². The number of aldehydes is 1. The van der Waals surface area contributed by atoms with Gasteiger partial charge in [0.25, 0.3) is 0 Å². The molecule has 3 nitrogen and oxygen atoms in total. The maximum atomic E-state index is 10.8. The van der Waals surface area contributed by atoms with Gasteiger partial charge in [-0.15, -0.1) is 0 Å². The second kappa shape index (κ2) is 7.96. The first-order valence-electron chi connectivity index (χ1n) is 9.27. The summed E-state index contributed by atoms with van der Waals surface area (Å²) in [4.78, 5) is 15.7. The maximum Gasteiger partial charge on any atom is 0.133 e. The van der Waals surface area contributed by atoms with E-state index in [0.717, 1.165) is 19.4 Å². The third kappa shape index (κ3) is 4.35. The molecule has 0 aromatic heterocycles. The van der Waals surface area contributed by atoms with Crippen LogP contribution in [0.15, 0.2) is 30.3 Å². The molecule has 2 saturated heterocycles. The van der Waals surface area contributed by atoms with Crippen LogP contribution in [0.4, 0.5) is 5.69 Å². The summed E-state index contributed by atoms with van der Waals surface area (Å²) in [7, 11) is 0. The van der Waals surface area contributed by atoms with Gasteiger partial charge in [0.15, 0.2) is 0 Å². The number of carbonyl (C=O) groups excluding carboxylic acids is 1. The molecule has 0 saturated carbocycles. The fourth-order valence-corrected chi connectivity index (χ4v) is 4.52. The molecule has 2 aliphatic rings. The van der Waals surface area contributed by atoms with Crippen molar-refractivity contribution in [2.45, 2.75) is 44.9 Å². The maximum absolute atomic E-state index is 10.8. The minimum Gasteiger partial charge on any atom is -0.372 e. The van der Waals surface area contributed by atoms with Crippen molar-refractivity contribution in [3.8, 4) is 0 Å². The van der Waals surface area contributed by atoms with Crippen LogP contribution in [0.3, 0.4) is 0 Å². The summed E-state index contributed by atoms with van der Waals surface area (Å²) in [6, 6.07) is 10.9. The lowest BCUT2D eigenvalue weighted by Gasteiger charge is -2.38. The molecular formula is C20H30N2O. The molecule has 0 bridgehead atoms. The van der Waals surface area contributed by atoms with Crippen LogP contribution < -0.4 is 4.90 Å². The first-order chi connectivity index (χ1) is 11.3. The van der Waals surface area contributed by atoms with Crippen molar-refractivity contribution in [1.29, 1.82) is 0 Å². The van der Waals surface area contributed by atoms with E-state index in [4.69, 9.17) is 0 Å². The Bertz CT molecular complexity index is 478. The number of hydrogen-bond acceptors (Lipinski definition) is 3. The molecule has 0 atom stereocenters. The molecule has 3 rings (SSSR count). The molecule has 1 spiro atoms. The summed E-state index contributed by atoms with van der Waals surface area (Å²) in [6.45, 7) is 5.21. The summed E-state index contributed by atoms with van der Waals surface area (Å²) in [5.74, 6) is 0. The number of likely N-dealkylation sites (tertiary alicyclic amines) is 1. The Labute approximate surface area is 140 Å². The van der Waals surface area contributed by atoms with Crippen LogP contribution >= 0.6 is 0 Å². The van der Waals surface area contributed by atoms with Crippen LogP contribution in [0.1, 0.15) is 44.9 Å². The monoisotopic (exact) mass is 314 g/mol. The van der Waals surface area contributed by atoms with Crippen molar-refractivity contribution in [2.24, 2.45) is 5.41 Å². The van der Waals surface area contributed by atoms with Crippen molar-refractivity contribution in [3.63, 3.8) is 0 Å². The quantitative estimate of drug-likeness (QED) is 0.794. The normalized spacial score (nSPS) is 23.0. The van der Waals surface area contributed by atoms with Crippen molar-refractivity contribution in [2.75, 3.05) is 37.6 Å². The Kier molecular flexibility index (Phi) is 5.71. The van der Waals surface area contributed by atoms with Gasteiger partial charge in [-0.2, -0.15) is 0 Å². The number of benzene rings is 1. The van der Waals surface area contributed by atoms with Crippen molar-refractivity contribution < 1.29 is 4.79 Å². The molecule has 0 amide bonds. The van der Waals surface area contributed by atoms with E-state index in [1.54, 1.807) is 0 Å². The second-order valence-corrected chi connectivity index (χ2v) is 7.35. The Hall–Kier alpha value is -1.35. The topological polar surface area (TPSA) is 23.6 Å². The molecule has 2 heterocycles. The summed E-state index contributed by atoms with van der Waals surface area (Å²) in [5.41, 5.74) is 1.92. The highest BCUT2D eigenvalue weighted by molar-refractivity contribution is 5.51. The molecule has 2 fully saturated rings. The van der Waals surface area contributed by atoms with Gasteiger partial charge in [0.05, 0.1) is 6.54 Å². The first-order valence-corrected chi connectivity index (χ1v) is 9.27. The van der Waals surface area contributed by atoms with E-state index in [9.17, 15) is 4.79 Å². The van der Waals surface area contributed by atoms with Crippen LogP contribution in [-0.2, 0) is 4.79 Å². The zero-order valence-electron chi connectivity index (χ0n) is 14.3. The van der Waals surface area contributed by atoms with Gasteiger partial charge in [-0.05, 0) is 75.6 Å². The number of nitrogens with zero attached hydrogens (tertiary/aromatic N) is 2. The highest BCUT2D eigenvalue weighted by Gasteiger charge is 2.33. The summed E-state index contributed by atoms with van der Waals surface area (Å²) in [5, 5.41) is 0. The Morgan fingerprint density at radius 3 is 2.17 bits per heavy atom. The predicted octanol–water partition coefficient (Wildman–Crippen LogP) is 3.74. The largest absolute Gasteiger partial charge is 0.372 e. The third-order valence-corrected chi connectivity index (χ3v) is 5.86. The Morgan fingerprint density at radius 1 is 0.870 bits per heavy atom. The molecule has 0 aliphatic carbocycles. The minimum absolute atomic E-state index is 0.542. The molecule has 0 radical (unpaired) electrons. The molecule has 0 unspecified atom stereocenters. The van der Waals surface area contributed by atoms with E-state index in [0.29, 0.717) is 12.0 Å². The average molecular weight is 314 g/mol. The summed E-state index contributed by atoms with van der Waals surface area (Å²) < 4.78 is 0. The molecule has 23 heavy (non-hydrogen) atoms. The van der Waals surface area contributed by atoms with E-state index in [1.165, 1.54) is 63.7 Å². The minimum atomic E-state index is 0.542. The van der Waals surface area contributed by atoms with E-state index in [2.05, 4.69) is 40.1 Å². The zero-order valence-corrected chi connectivity index (χ0v) is 14.3. The molecule has 3 heteroatoms. The van der Waals surface area contributed by atoms with Crippen molar-refractivity contribution in [3.05, 3.63) is 30.3 Å². The van der Waals surface area contributed by atoms with Gasteiger partial charge in [0.1, 0.15) is 6.29 Å². The number of para-hydroxylation sites is 1. The second-order valence-electron chi connectivity index (χ2n) is 7.35. The number of anilines is 1.